The zero-order chi connectivity index (χ0) is 14.7. The molecule has 2 rings (SSSR count). The average Bonchev–Trinajstić information content (AvgIpc) is 2.70. The summed E-state index contributed by atoms with van der Waals surface area (Å²) in [5.74, 6) is 0.0627. The molecule has 0 saturated heterocycles. The molecule has 2 aromatic rings. The first-order valence-corrected chi connectivity index (χ1v) is 7.88. The molecule has 0 saturated carbocycles. The number of amides is 1. The summed E-state index contributed by atoms with van der Waals surface area (Å²) in [7, 11) is 0. The average molecular weight is 356 g/mol. The van der Waals surface area contributed by atoms with Gasteiger partial charge in [0.2, 0.25) is 5.91 Å². The number of benzene rings is 1. The van der Waals surface area contributed by atoms with E-state index in [0.717, 1.165) is 21.9 Å². The summed E-state index contributed by atoms with van der Waals surface area (Å²) in [4.78, 5) is 15.0. The number of nitrogens with one attached hydrogen (secondary N) is 2. The van der Waals surface area contributed by atoms with Crippen LogP contribution < -0.4 is 5.32 Å². The zero-order valence-corrected chi connectivity index (χ0v) is 14.0. The van der Waals surface area contributed by atoms with Crippen LogP contribution in [-0.4, -0.2) is 21.5 Å². The van der Waals surface area contributed by atoms with Crippen molar-refractivity contribution in [3.63, 3.8) is 0 Å². The van der Waals surface area contributed by atoms with Crippen molar-refractivity contribution in [2.24, 2.45) is 0 Å². The number of carbonyl (C=O) groups is 1. The zero-order valence-electron chi connectivity index (χ0n) is 11.6. The number of H-pyrrole nitrogens is 1. The van der Waals surface area contributed by atoms with Gasteiger partial charge < -0.3 is 14.9 Å². The molecule has 1 aromatic carbocycles. The SMILES string of the molecule is CCC(C)NC(=O)CCn1c(=S)[nH]c2cc(Br)ccc21. The first-order valence-electron chi connectivity index (χ1n) is 6.68. The molecule has 1 unspecified atom stereocenters. The van der Waals surface area contributed by atoms with Crippen LogP contribution in [0.4, 0.5) is 0 Å². The smallest absolute Gasteiger partial charge is 0.222 e. The lowest BCUT2D eigenvalue weighted by atomic mass is 10.2. The molecule has 0 radical (unpaired) electrons. The van der Waals surface area contributed by atoms with E-state index < -0.39 is 0 Å². The predicted octanol–water partition coefficient (Wildman–Crippen LogP) is 3.77. The lowest BCUT2D eigenvalue weighted by Gasteiger charge is -2.11. The lowest BCUT2D eigenvalue weighted by Crippen LogP contribution is -2.32. The van der Waals surface area contributed by atoms with Gasteiger partial charge in [-0.05, 0) is 43.8 Å². The minimum absolute atomic E-state index is 0.0627. The maximum Gasteiger partial charge on any atom is 0.222 e. The van der Waals surface area contributed by atoms with Gasteiger partial charge in [0.25, 0.3) is 0 Å². The highest BCUT2D eigenvalue weighted by atomic mass is 79.9. The number of fused-ring (bicyclic) bond motifs is 1. The highest BCUT2D eigenvalue weighted by molar-refractivity contribution is 9.10. The number of imidazole rings is 1. The second kappa shape index (κ2) is 6.54. The second-order valence-corrected chi connectivity index (χ2v) is 6.17. The topological polar surface area (TPSA) is 49.8 Å². The van der Waals surface area contributed by atoms with Crippen LogP contribution >= 0.6 is 28.1 Å². The number of aromatic amines is 1. The Kier molecular flexibility index (Phi) is 4.99. The van der Waals surface area contributed by atoms with Crippen LogP contribution in [0.5, 0.6) is 0 Å². The van der Waals surface area contributed by atoms with Crippen molar-refractivity contribution in [3.8, 4) is 0 Å². The van der Waals surface area contributed by atoms with Crippen molar-refractivity contribution in [2.75, 3.05) is 0 Å². The van der Waals surface area contributed by atoms with Crippen molar-refractivity contribution >= 4 is 45.1 Å². The van der Waals surface area contributed by atoms with Gasteiger partial charge in [0, 0.05) is 23.5 Å². The van der Waals surface area contributed by atoms with E-state index in [1.54, 1.807) is 0 Å². The first-order chi connectivity index (χ1) is 9.51. The molecule has 108 valence electrons. The highest BCUT2D eigenvalue weighted by Crippen LogP contribution is 2.19. The number of nitrogens with zero attached hydrogens (tertiary/aromatic N) is 1. The number of aryl methyl sites for hydroxylation is 1. The van der Waals surface area contributed by atoms with Crippen molar-refractivity contribution in [2.45, 2.75) is 39.3 Å². The summed E-state index contributed by atoms with van der Waals surface area (Å²) in [5, 5.41) is 2.96. The van der Waals surface area contributed by atoms with E-state index in [0.29, 0.717) is 17.7 Å². The molecular weight excluding hydrogens is 338 g/mol. The van der Waals surface area contributed by atoms with E-state index in [1.165, 1.54) is 0 Å². The van der Waals surface area contributed by atoms with Gasteiger partial charge in [0.1, 0.15) is 0 Å². The Balaban J connectivity index is 2.12. The Morgan fingerprint density at radius 3 is 3.00 bits per heavy atom. The Labute approximate surface area is 131 Å². The summed E-state index contributed by atoms with van der Waals surface area (Å²) in [6.45, 7) is 4.65. The van der Waals surface area contributed by atoms with Crippen molar-refractivity contribution < 1.29 is 4.79 Å². The van der Waals surface area contributed by atoms with Crippen molar-refractivity contribution in [3.05, 3.63) is 27.4 Å². The fraction of sp³-hybridized carbons (Fsp3) is 0.429. The fourth-order valence-electron chi connectivity index (χ4n) is 2.02. The fourth-order valence-corrected chi connectivity index (χ4v) is 2.68. The minimum atomic E-state index is 0.0627. The van der Waals surface area contributed by atoms with Gasteiger partial charge in [-0.1, -0.05) is 22.9 Å². The Hall–Kier alpha value is -1.14. The number of hydrogen-bond donors (Lipinski definition) is 2. The highest BCUT2D eigenvalue weighted by Gasteiger charge is 2.09. The van der Waals surface area contributed by atoms with Crippen molar-refractivity contribution in [1.82, 2.24) is 14.9 Å². The maximum absolute atomic E-state index is 11.8. The summed E-state index contributed by atoms with van der Waals surface area (Å²) in [5.41, 5.74) is 2.00. The third-order valence-electron chi connectivity index (χ3n) is 3.32. The molecule has 1 atom stereocenters. The molecular formula is C14H18BrN3OS. The van der Waals surface area contributed by atoms with Crippen LogP contribution in [0.3, 0.4) is 0 Å². The minimum Gasteiger partial charge on any atom is -0.354 e. The second-order valence-electron chi connectivity index (χ2n) is 4.87. The van der Waals surface area contributed by atoms with Gasteiger partial charge >= 0.3 is 0 Å². The molecule has 0 aliphatic heterocycles. The molecule has 6 heteroatoms. The van der Waals surface area contributed by atoms with Crippen LogP contribution in [-0.2, 0) is 11.3 Å². The molecule has 2 N–H and O–H groups in total. The lowest BCUT2D eigenvalue weighted by molar-refractivity contribution is -0.121. The van der Waals surface area contributed by atoms with E-state index in [9.17, 15) is 4.79 Å². The van der Waals surface area contributed by atoms with Crippen LogP contribution in [0.15, 0.2) is 22.7 Å². The molecule has 20 heavy (non-hydrogen) atoms. The van der Waals surface area contributed by atoms with Crippen LogP contribution in [0.1, 0.15) is 26.7 Å². The monoisotopic (exact) mass is 355 g/mol. The number of carbonyl (C=O) groups excluding carboxylic acids is 1. The van der Waals surface area contributed by atoms with Gasteiger partial charge in [-0.3, -0.25) is 4.79 Å². The van der Waals surface area contributed by atoms with E-state index in [1.807, 2.05) is 29.7 Å². The van der Waals surface area contributed by atoms with E-state index in [2.05, 4.69) is 33.2 Å². The van der Waals surface area contributed by atoms with E-state index >= 15 is 0 Å². The largest absolute Gasteiger partial charge is 0.354 e. The number of rotatable bonds is 5. The summed E-state index contributed by atoms with van der Waals surface area (Å²) >= 11 is 8.76. The molecule has 1 amide bonds. The van der Waals surface area contributed by atoms with Gasteiger partial charge in [0.05, 0.1) is 11.0 Å². The van der Waals surface area contributed by atoms with Gasteiger partial charge in [-0.25, -0.2) is 0 Å². The normalized spacial score (nSPS) is 12.6. The Bertz CT molecular complexity index is 677. The quantitative estimate of drug-likeness (QED) is 0.802. The van der Waals surface area contributed by atoms with Crippen LogP contribution in [0.2, 0.25) is 0 Å². The number of hydrogen-bond acceptors (Lipinski definition) is 2. The third-order valence-corrected chi connectivity index (χ3v) is 4.13. The van der Waals surface area contributed by atoms with Crippen molar-refractivity contribution in [1.29, 1.82) is 0 Å². The third kappa shape index (κ3) is 3.49. The number of aromatic nitrogens is 2. The molecule has 4 nitrogen and oxygen atoms in total. The van der Waals surface area contributed by atoms with E-state index in [4.69, 9.17) is 12.2 Å². The van der Waals surface area contributed by atoms with Crippen LogP contribution in [0.25, 0.3) is 11.0 Å². The Morgan fingerprint density at radius 1 is 1.55 bits per heavy atom. The van der Waals surface area contributed by atoms with Gasteiger partial charge in [-0.2, -0.15) is 0 Å². The predicted molar refractivity (Wildman–Crippen MR) is 87.3 cm³/mol. The summed E-state index contributed by atoms with van der Waals surface area (Å²) in [6, 6.07) is 6.18. The molecule has 1 heterocycles. The molecule has 0 fully saturated rings. The number of halogens is 1. The van der Waals surface area contributed by atoms with Crippen LogP contribution in [0, 0.1) is 4.77 Å². The maximum atomic E-state index is 11.8. The molecule has 0 bridgehead atoms. The first kappa shape index (κ1) is 15.3. The van der Waals surface area contributed by atoms with E-state index in [-0.39, 0.29) is 11.9 Å². The summed E-state index contributed by atoms with van der Waals surface area (Å²) < 4.78 is 3.62. The molecule has 0 aliphatic carbocycles. The molecule has 1 aromatic heterocycles. The standard InChI is InChI=1S/C14H18BrN3OS/c1-3-9(2)16-13(19)6-7-18-12-5-4-10(15)8-11(12)17-14(18)20/h4-5,8-9H,3,6-7H2,1-2H3,(H,16,19)(H,17,20). The van der Waals surface area contributed by atoms with Gasteiger partial charge in [-0.15, -0.1) is 0 Å². The molecule has 0 aliphatic rings. The molecule has 0 spiro atoms. The Morgan fingerprint density at radius 2 is 2.30 bits per heavy atom. The van der Waals surface area contributed by atoms with Gasteiger partial charge in [0.15, 0.2) is 4.77 Å². The summed E-state index contributed by atoms with van der Waals surface area (Å²) in [6.07, 6.45) is 1.37.